The molecule has 7 heteroatoms. The van der Waals surface area contributed by atoms with Crippen molar-refractivity contribution < 1.29 is 4.74 Å². The molecule has 6 nitrogen and oxygen atoms in total. The predicted molar refractivity (Wildman–Crippen MR) is 76.0 cm³/mol. The molecule has 1 saturated carbocycles. The summed E-state index contributed by atoms with van der Waals surface area (Å²) in [7, 11) is 1.54. The fourth-order valence-corrected chi connectivity index (χ4v) is 4.99. The second-order valence-electron chi connectivity index (χ2n) is 5.57. The maximum atomic E-state index is 12.3. The number of ether oxygens (including phenoxy) is 1. The molecule has 1 aromatic rings. The SMILES string of the molecule is Cn1c(=O)n2n(c1=O)C1CCCC3(OCCS3)C1=CC2. The number of hydrogen-bond acceptors (Lipinski definition) is 4. The van der Waals surface area contributed by atoms with E-state index in [1.807, 2.05) is 11.8 Å². The largest absolute Gasteiger partial charge is 0.359 e. The molecule has 0 aromatic carbocycles. The van der Waals surface area contributed by atoms with Crippen molar-refractivity contribution in [1.82, 2.24) is 13.9 Å². The molecule has 2 aliphatic heterocycles. The Morgan fingerprint density at radius 3 is 3.00 bits per heavy atom. The first-order chi connectivity index (χ1) is 9.64. The first-order valence-electron chi connectivity index (χ1n) is 7.01. The Hall–Kier alpha value is -1.21. The number of thioether (sulfide) groups is 1. The van der Waals surface area contributed by atoms with Gasteiger partial charge in [-0.2, -0.15) is 0 Å². The summed E-state index contributed by atoms with van der Waals surface area (Å²) in [6.45, 7) is 1.23. The van der Waals surface area contributed by atoms with Crippen LogP contribution >= 0.6 is 11.8 Å². The van der Waals surface area contributed by atoms with Crippen LogP contribution in [0, 0.1) is 0 Å². The van der Waals surface area contributed by atoms with Crippen molar-refractivity contribution in [3.63, 3.8) is 0 Å². The number of allylic oxidation sites excluding steroid dienone is 1. The van der Waals surface area contributed by atoms with E-state index in [0.29, 0.717) is 6.54 Å². The lowest BCUT2D eigenvalue weighted by Crippen LogP contribution is -2.44. The predicted octanol–water partition coefficient (Wildman–Crippen LogP) is 0.473. The average molecular weight is 295 g/mol. The zero-order chi connectivity index (χ0) is 13.9. The topological polar surface area (TPSA) is 58.2 Å². The summed E-state index contributed by atoms with van der Waals surface area (Å²) >= 11 is 1.84. The first-order valence-corrected chi connectivity index (χ1v) is 7.99. The highest BCUT2D eigenvalue weighted by Crippen LogP contribution is 2.52. The minimum Gasteiger partial charge on any atom is -0.359 e. The van der Waals surface area contributed by atoms with Gasteiger partial charge in [-0.1, -0.05) is 6.08 Å². The van der Waals surface area contributed by atoms with Gasteiger partial charge in [-0.05, 0) is 24.8 Å². The monoisotopic (exact) mass is 295 g/mol. The summed E-state index contributed by atoms with van der Waals surface area (Å²) in [5, 5.41) is 0. The summed E-state index contributed by atoms with van der Waals surface area (Å²) < 4.78 is 10.4. The van der Waals surface area contributed by atoms with Gasteiger partial charge in [-0.3, -0.25) is 0 Å². The molecule has 0 N–H and O–H groups in total. The van der Waals surface area contributed by atoms with Gasteiger partial charge in [0.1, 0.15) is 4.93 Å². The highest BCUT2D eigenvalue weighted by molar-refractivity contribution is 8.00. The third-order valence-electron chi connectivity index (χ3n) is 4.57. The number of aromatic nitrogens is 3. The Balaban J connectivity index is 1.88. The van der Waals surface area contributed by atoms with Crippen LogP contribution in [0.4, 0.5) is 0 Å². The van der Waals surface area contributed by atoms with E-state index in [-0.39, 0.29) is 22.4 Å². The van der Waals surface area contributed by atoms with Crippen molar-refractivity contribution in [2.45, 2.75) is 36.8 Å². The highest BCUT2D eigenvalue weighted by atomic mass is 32.2. The van der Waals surface area contributed by atoms with Crippen molar-refractivity contribution in [3.05, 3.63) is 32.6 Å². The quantitative estimate of drug-likeness (QED) is 0.653. The van der Waals surface area contributed by atoms with E-state index in [1.54, 1.807) is 16.4 Å². The molecule has 108 valence electrons. The van der Waals surface area contributed by atoms with Crippen LogP contribution in [-0.2, 0) is 18.3 Å². The molecule has 2 fully saturated rings. The van der Waals surface area contributed by atoms with Crippen molar-refractivity contribution in [3.8, 4) is 0 Å². The van der Waals surface area contributed by atoms with E-state index in [1.165, 1.54) is 10.1 Å². The Morgan fingerprint density at radius 2 is 2.25 bits per heavy atom. The number of nitrogens with zero attached hydrogens (tertiary/aromatic N) is 3. The van der Waals surface area contributed by atoms with Crippen LogP contribution in [0.3, 0.4) is 0 Å². The van der Waals surface area contributed by atoms with Crippen LogP contribution in [0.1, 0.15) is 25.3 Å². The van der Waals surface area contributed by atoms with Gasteiger partial charge in [0.2, 0.25) is 0 Å². The molecule has 4 rings (SSSR count). The number of hydrogen-bond donors (Lipinski definition) is 0. The van der Waals surface area contributed by atoms with E-state index in [2.05, 4.69) is 6.08 Å². The van der Waals surface area contributed by atoms with E-state index in [9.17, 15) is 9.59 Å². The molecular formula is C13H17N3O3S. The van der Waals surface area contributed by atoms with Gasteiger partial charge >= 0.3 is 11.4 Å². The van der Waals surface area contributed by atoms with Crippen LogP contribution in [0.2, 0.25) is 0 Å². The van der Waals surface area contributed by atoms with Gasteiger partial charge in [-0.25, -0.2) is 23.5 Å². The Bertz CT molecular complexity index is 705. The van der Waals surface area contributed by atoms with Gasteiger partial charge in [0.05, 0.1) is 19.2 Å². The van der Waals surface area contributed by atoms with Gasteiger partial charge in [0.25, 0.3) is 0 Å². The van der Waals surface area contributed by atoms with Gasteiger partial charge in [0, 0.05) is 12.8 Å². The standard InChI is InChI=1S/C13H17N3O3S/c1-14-11(17)15-6-4-9-10(16(15)12(14)18)3-2-5-13(9)19-7-8-20-13/h4,10H,2-3,5-8H2,1H3. The number of rotatable bonds is 0. The van der Waals surface area contributed by atoms with Gasteiger partial charge in [-0.15, -0.1) is 11.8 Å². The molecule has 1 aromatic heterocycles. The molecule has 0 radical (unpaired) electrons. The minimum atomic E-state index is -0.251. The van der Waals surface area contributed by atoms with Crippen molar-refractivity contribution in [1.29, 1.82) is 0 Å². The van der Waals surface area contributed by atoms with E-state index >= 15 is 0 Å². The van der Waals surface area contributed by atoms with Crippen LogP contribution < -0.4 is 11.4 Å². The van der Waals surface area contributed by atoms with Crippen LogP contribution in [0.15, 0.2) is 21.2 Å². The highest BCUT2D eigenvalue weighted by Gasteiger charge is 2.47. The van der Waals surface area contributed by atoms with E-state index in [0.717, 1.165) is 31.6 Å². The number of fused-ring (bicyclic) bond motifs is 4. The molecule has 1 saturated heterocycles. The first kappa shape index (κ1) is 12.5. The van der Waals surface area contributed by atoms with Crippen molar-refractivity contribution >= 4 is 11.8 Å². The fourth-order valence-electron chi connectivity index (χ4n) is 3.65. The van der Waals surface area contributed by atoms with Crippen LogP contribution in [0.5, 0.6) is 0 Å². The summed E-state index contributed by atoms with van der Waals surface area (Å²) in [6, 6.07) is -0.0236. The molecule has 0 bridgehead atoms. The lowest BCUT2D eigenvalue weighted by molar-refractivity contribution is 0.0453. The Kier molecular flexibility index (Phi) is 2.59. The minimum absolute atomic E-state index is 0.0236. The second kappa shape index (κ2) is 4.14. The molecular weight excluding hydrogens is 278 g/mol. The summed E-state index contributed by atoms with van der Waals surface area (Å²) in [6.07, 6.45) is 5.03. The molecule has 2 unspecified atom stereocenters. The molecule has 0 amide bonds. The van der Waals surface area contributed by atoms with E-state index in [4.69, 9.17) is 4.74 Å². The van der Waals surface area contributed by atoms with E-state index < -0.39 is 0 Å². The zero-order valence-corrected chi connectivity index (χ0v) is 12.2. The molecule has 3 aliphatic rings. The normalized spacial score (nSPS) is 32.0. The maximum absolute atomic E-state index is 12.3. The average Bonchev–Trinajstić information content (AvgIpc) is 3.00. The molecule has 1 spiro atoms. The summed E-state index contributed by atoms with van der Waals surface area (Å²) in [4.78, 5) is 24.1. The lowest BCUT2D eigenvalue weighted by atomic mass is 9.85. The molecule has 1 aliphatic carbocycles. The Morgan fingerprint density at radius 1 is 1.40 bits per heavy atom. The summed E-state index contributed by atoms with van der Waals surface area (Å²) in [5.41, 5.74) is 0.745. The third kappa shape index (κ3) is 1.45. The zero-order valence-electron chi connectivity index (χ0n) is 11.4. The lowest BCUT2D eigenvalue weighted by Gasteiger charge is -2.41. The Labute approximate surface area is 120 Å². The third-order valence-corrected chi connectivity index (χ3v) is 5.96. The van der Waals surface area contributed by atoms with Crippen molar-refractivity contribution in [2.75, 3.05) is 12.4 Å². The molecule has 20 heavy (non-hydrogen) atoms. The van der Waals surface area contributed by atoms with Gasteiger partial charge < -0.3 is 4.74 Å². The maximum Gasteiger partial charge on any atom is 0.347 e. The van der Waals surface area contributed by atoms with Crippen LogP contribution in [0.25, 0.3) is 0 Å². The molecule has 2 atom stereocenters. The second-order valence-corrected chi connectivity index (χ2v) is 6.92. The summed E-state index contributed by atoms with van der Waals surface area (Å²) in [5.74, 6) is 1.00. The smallest absolute Gasteiger partial charge is 0.347 e. The molecule has 3 heterocycles. The van der Waals surface area contributed by atoms with Crippen molar-refractivity contribution in [2.24, 2.45) is 7.05 Å². The van der Waals surface area contributed by atoms with Crippen LogP contribution in [-0.4, -0.2) is 31.2 Å². The van der Waals surface area contributed by atoms with Gasteiger partial charge in [0.15, 0.2) is 0 Å². The fraction of sp³-hybridized carbons (Fsp3) is 0.692.